The molecule has 16 heavy (non-hydrogen) atoms. The number of halogens is 1. The van der Waals surface area contributed by atoms with Crippen LogP contribution in [0.5, 0.6) is 0 Å². The molecule has 0 unspecified atom stereocenters. The molecule has 1 aromatic rings. The van der Waals surface area contributed by atoms with Crippen LogP contribution in [0.2, 0.25) is 0 Å². The molecule has 5 heteroatoms. The highest BCUT2D eigenvalue weighted by Gasteiger charge is 2.38. The van der Waals surface area contributed by atoms with Crippen molar-refractivity contribution >= 4 is 27.3 Å². The summed E-state index contributed by atoms with van der Waals surface area (Å²) in [5, 5.41) is 2.12. The summed E-state index contributed by atoms with van der Waals surface area (Å²) in [4.78, 5) is 3.70. The van der Waals surface area contributed by atoms with Gasteiger partial charge >= 0.3 is 0 Å². The molecule has 0 amide bonds. The van der Waals surface area contributed by atoms with Crippen LogP contribution >= 0.6 is 27.3 Å². The SMILES string of the molecule is CN(Cc1cc(Br)cs1)CC1(CN)COC1. The number of nitrogens with two attached hydrogens (primary N) is 1. The zero-order valence-corrected chi connectivity index (χ0v) is 11.8. The molecule has 1 aromatic heterocycles. The largest absolute Gasteiger partial charge is 0.380 e. The van der Waals surface area contributed by atoms with Crippen molar-refractivity contribution in [3.8, 4) is 0 Å². The molecule has 0 atom stereocenters. The fraction of sp³-hybridized carbons (Fsp3) is 0.636. The van der Waals surface area contributed by atoms with E-state index in [1.165, 1.54) is 9.35 Å². The minimum absolute atomic E-state index is 0.198. The molecule has 0 spiro atoms. The van der Waals surface area contributed by atoms with Crippen molar-refractivity contribution in [3.05, 3.63) is 20.8 Å². The van der Waals surface area contributed by atoms with Gasteiger partial charge in [-0.2, -0.15) is 0 Å². The van der Waals surface area contributed by atoms with E-state index in [2.05, 4.69) is 39.3 Å². The van der Waals surface area contributed by atoms with E-state index in [1.54, 1.807) is 11.3 Å². The van der Waals surface area contributed by atoms with Crippen LogP contribution in [-0.4, -0.2) is 38.3 Å². The molecule has 90 valence electrons. The first kappa shape index (κ1) is 12.5. The van der Waals surface area contributed by atoms with Crippen molar-refractivity contribution < 1.29 is 4.74 Å². The summed E-state index contributed by atoms with van der Waals surface area (Å²) < 4.78 is 6.44. The summed E-state index contributed by atoms with van der Waals surface area (Å²) in [7, 11) is 2.14. The molecule has 0 aliphatic carbocycles. The van der Waals surface area contributed by atoms with Gasteiger partial charge in [0.1, 0.15) is 0 Å². The lowest BCUT2D eigenvalue weighted by Gasteiger charge is -2.42. The van der Waals surface area contributed by atoms with E-state index >= 15 is 0 Å². The van der Waals surface area contributed by atoms with Crippen molar-refractivity contribution in [1.82, 2.24) is 4.90 Å². The van der Waals surface area contributed by atoms with Gasteiger partial charge in [-0.15, -0.1) is 11.3 Å². The molecule has 0 aromatic carbocycles. The molecule has 2 N–H and O–H groups in total. The predicted octanol–water partition coefficient (Wildman–Crippen LogP) is 1.92. The number of rotatable bonds is 5. The van der Waals surface area contributed by atoms with Gasteiger partial charge in [0.2, 0.25) is 0 Å². The lowest BCUT2D eigenvalue weighted by atomic mass is 9.85. The highest BCUT2D eigenvalue weighted by Crippen LogP contribution is 2.28. The van der Waals surface area contributed by atoms with Crippen molar-refractivity contribution in [1.29, 1.82) is 0 Å². The molecule has 1 aliphatic heterocycles. The van der Waals surface area contributed by atoms with Crippen LogP contribution in [0.3, 0.4) is 0 Å². The van der Waals surface area contributed by atoms with Gasteiger partial charge < -0.3 is 15.4 Å². The summed E-state index contributed by atoms with van der Waals surface area (Å²) in [6, 6.07) is 2.17. The van der Waals surface area contributed by atoms with Crippen molar-refractivity contribution in [2.75, 3.05) is 33.4 Å². The highest BCUT2D eigenvalue weighted by molar-refractivity contribution is 9.10. The van der Waals surface area contributed by atoms with Crippen LogP contribution in [-0.2, 0) is 11.3 Å². The first-order valence-electron chi connectivity index (χ1n) is 5.33. The molecule has 3 nitrogen and oxygen atoms in total. The quantitative estimate of drug-likeness (QED) is 0.903. The van der Waals surface area contributed by atoms with Crippen LogP contribution < -0.4 is 5.73 Å². The minimum Gasteiger partial charge on any atom is -0.380 e. The summed E-state index contributed by atoms with van der Waals surface area (Å²) in [6.45, 7) is 4.33. The van der Waals surface area contributed by atoms with E-state index < -0.39 is 0 Å². The van der Waals surface area contributed by atoms with Gasteiger partial charge in [0.05, 0.1) is 13.2 Å². The summed E-state index contributed by atoms with van der Waals surface area (Å²) in [6.07, 6.45) is 0. The average molecular weight is 305 g/mol. The molecular formula is C11H17BrN2OS. The summed E-state index contributed by atoms with van der Waals surface area (Å²) in [5.41, 5.74) is 6.00. The molecular weight excluding hydrogens is 288 g/mol. The van der Waals surface area contributed by atoms with Gasteiger partial charge in [0.25, 0.3) is 0 Å². The van der Waals surface area contributed by atoms with E-state index in [4.69, 9.17) is 10.5 Å². The van der Waals surface area contributed by atoms with Crippen molar-refractivity contribution in [2.45, 2.75) is 6.54 Å². The van der Waals surface area contributed by atoms with E-state index in [0.717, 1.165) is 26.3 Å². The number of nitrogens with zero attached hydrogens (tertiary/aromatic N) is 1. The van der Waals surface area contributed by atoms with E-state index in [1.807, 2.05) is 0 Å². The Balaban J connectivity index is 1.86. The number of thiophene rings is 1. The monoisotopic (exact) mass is 304 g/mol. The first-order valence-corrected chi connectivity index (χ1v) is 7.00. The Bertz CT molecular complexity index is 346. The normalized spacial score (nSPS) is 18.8. The molecule has 2 rings (SSSR count). The molecule has 0 bridgehead atoms. The van der Waals surface area contributed by atoms with Gasteiger partial charge in [0.15, 0.2) is 0 Å². The van der Waals surface area contributed by atoms with Crippen LogP contribution in [0.15, 0.2) is 15.9 Å². The Hall–Kier alpha value is 0.0600. The van der Waals surface area contributed by atoms with Crippen molar-refractivity contribution in [2.24, 2.45) is 11.1 Å². The predicted molar refractivity (Wildman–Crippen MR) is 70.7 cm³/mol. The number of hydrogen-bond acceptors (Lipinski definition) is 4. The van der Waals surface area contributed by atoms with Gasteiger partial charge in [-0.3, -0.25) is 0 Å². The molecule has 2 heterocycles. The molecule has 1 saturated heterocycles. The van der Waals surface area contributed by atoms with Crippen molar-refractivity contribution in [3.63, 3.8) is 0 Å². The Morgan fingerprint density at radius 1 is 1.62 bits per heavy atom. The topological polar surface area (TPSA) is 38.5 Å². The third-order valence-electron chi connectivity index (χ3n) is 2.90. The summed E-state index contributed by atoms with van der Waals surface area (Å²) in [5.74, 6) is 0. The molecule has 1 fully saturated rings. The smallest absolute Gasteiger partial charge is 0.0569 e. The maximum atomic E-state index is 5.80. The lowest BCUT2D eigenvalue weighted by Crippen LogP contribution is -2.54. The third-order valence-corrected chi connectivity index (χ3v) is 4.58. The van der Waals surface area contributed by atoms with Gasteiger partial charge in [0, 0.05) is 39.8 Å². The second kappa shape index (κ2) is 5.14. The zero-order chi connectivity index (χ0) is 11.6. The Labute approximate surface area is 109 Å². The van der Waals surface area contributed by atoms with Crippen LogP contribution in [0.4, 0.5) is 0 Å². The second-order valence-electron chi connectivity index (χ2n) is 4.60. The Morgan fingerprint density at radius 3 is 2.81 bits per heavy atom. The second-order valence-corrected chi connectivity index (χ2v) is 6.51. The summed E-state index contributed by atoms with van der Waals surface area (Å²) >= 11 is 5.26. The number of ether oxygens (including phenoxy) is 1. The minimum atomic E-state index is 0.198. The Morgan fingerprint density at radius 2 is 2.38 bits per heavy atom. The fourth-order valence-corrected chi connectivity index (χ4v) is 3.53. The average Bonchev–Trinajstić information content (AvgIpc) is 2.57. The Kier molecular flexibility index (Phi) is 4.02. The van der Waals surface area contributed by atoms with Crippen LogP contribution in [0.25, 0.3) is 0 Å². The van der Waals surface area contributed by atoms with E-state index in [9.17, 15) is 0 Å². The van der Waals surface area contributed by atoms with Crippen LogP contribution in [0.1, 0.15) is 4.88 Å². The van der Waals surface area contributed by atoms with E-state index in [0.29, 0.717) is 6.54 Å². The van der Waals surface area contributed by atoms with E-state index in [-0.39, 0.29) is 5.41 Å². The number of hydrogen-bond donors (Lipinski definition) is 1. The standard InChI is InChI=1S/C11H17BrN2OS/c1-14(3-10-2-9(12)4-16-10)6-11(5-13)7-15-8-11/h2,4H,3,5-8,13H2,1H3. The molecule has 0 saturated carbocycles. The third kappa shape index (κ3) is 2.84. The maximum absolute atomic E-state index is 5.80. The maximum Gasteiger partial charge on any atom is 0.0569 e. The first-order chi connectivity index (χ1) is 7.63. The van der Waals surface area contributed by atoms with Crippen LogP contribution in [0, 0.1) is 5.41 Å². The van der Waals surface area contributed by atoms with Gasteiger partial charge in [-0.25, -0.2) is 0 Å². The molecule has 1 aliphatic rings. The van der Waals surface area contributed by atoms with Gasteiger partial charge in [-0.1, -0.05) is 0 Å². The van der Waals surface area contributed by atoms with Gasteiger partial charge in [-0.05, 0) is 29.0 Å². The zero-order valence-electron chi connectivity index (χ0n) is 9.41. The lowest BCUT2D eigenvalue weighted by molar-refractivity contribution is -0.118. The highest BCUT2D eigenvalue weighted by atomic mass is 79.9. The molecule has 0 radical (unpaired) electrons. The fourth-order valence-electron chi connectivity index (χ4n) is 2.00.